The van der Waals surface area contributed by atoms with E-state index in [2.05, 4.69) is 68.4 Å². The quantitative estimate of drug-likeness (QED) is 0.745. The van der Waals surface area contributed by atoms with Crippen LogP contribution in [0.3, 0.4) is 0 Å². The van der Waals surface area contributed by atoms with Gasteiger partial charge in [0.2, 0.25) is 0 Å². The average molecular weight is 244 g/mol. The third-order valence-electron chi connectivity index (χ3n) is 2.82. The molecule has 0 saturated heterocycles. The molecule has 2 aliphatic heterocycles. The molecule has 2 aliphatic rings. The van der Waals surface area contributed by atoms with Gasteiger partial charge in [-0.2, -0.15) is 0 Å². The van der Waals surface area contributed by atoms with Crippen molar-refractivity contribution in [2.24, 2.45) is 5.41 Å². The fourth-order valence-electron chi connectivity index (χ4n) is 2.16. The van der Waals surface area contributed by atoms with Gasteiger partial charge < -0.3 is 10.2 Å². The van der Waals surface area contributed by atoms with E-state index in [1.54, 1.807) is 0 Å². The van der Waals surface area contributed by atoms with E-state index in [-0.39, 0.29) is 0 Å². The van der Waals surface area contributed by atoms with Crippen molar-refractivity contribution >= 4 is 5.69 Å². The molecule has 0 radical (unpaired) electrons. The second kappa shape index (κ2) is 5.05. The highest BCUT2D eigenvalue weighted by molar-refractivity contribution is 5.59. The predicted octanol–water partition coefficient (Wildman–Crippen LogP) is 3.89. The Bertz CT molecular complexity index is 423. The molecule has 1 unspecified atom stereocenters. The normalized spacial score (nSPS) is 20.4. The van der Waals surface area contributed by atoms with Crippen molar-refractivity contribution < 1.29 is 0 Å². The summed E-state index contributed by atoms with van der Waals surface area (Å²) in [4.78, 5) is 2.32. The topological polar surface area (TPSA) is 15.3 Å². The lowest BCUT2D eigenvalue weighted by Gasteiger charge is -2.32. The molecule has 98 valence electrons. The van der Waals surface area contributed by atoms with Crippen LogP contribution in [0.4, 0.5) is 5.69 Å². The molecule has 0 saturated carbocycles. The van der Waals surface area contributed by atoms with Gasteiger partial charge in [-0.15, -0.1) is 0 Å². The number of hydrogen-bond acceptors (Lipinski definition) is 2. The van der Waals surface area contributed by atoms with Gasteiger partial charge in [0, 0.05) is 18.1 Å². The summed E-state index contributed by atoms with van der Waals surface area (Å²) in [5.74, 6) is 0. The van der Waals surface area contributed by atoms with Gasteiger partial charge in [-0.05, 0) is 29.9 Å². The number of rotatable bonds is 0. The van der Waals surface area contributed by atoms with Gasteiger partial charge in [-0.25, -0.2) is 0 Å². The minimum Gasteiger partial charge on any atom is -0.370 e. The zero-order chi connectivity index (χ0) is 13.2. The Balaban J connectivity index is 0.000000209. The molecule has 1 atom stereocenters. The summed E-state index contributed by atoms with van der Waals surface area (Å²) in [6.45, 7) is 8.75. The van der Waals surface area contributed by atoms with Gasteiger partial charge in [-0.1, -0.05) is 45.9 Å². The Labute approximate surface area is 111 Å². The van der Waals surface area contributed by atoms with Crippen LogP contribution < -0.4 is 10.2 Å². The minimum absolute atomic E-state index is 0.495. The first-order valence-corrected chi connectivity index (χ1v) is 6.74. The van der Waals surface area contributed by atoms with Crippen molar-refractivity contribution in [2.45, 2.75) is 46.7 Å². The van der Waals surface area contributed by atoms with Gasteiger partial charge in [0.15, 0.2) is 0 Å². The molecule has 2 heterocycles. The number of aryl methyl sites for hydroxylation is 1. The summed E-state index contributed by atoms with van der Waals surface area (Å²) in [7, 11) is 0. The summed E-state index contributed by atoms with van der Waals surface area (Å²) in [6.07, 6.45) is 7.04. The van der Waals surface area contributed by atoms with E-state index in [4.69, 9.17) is 0 Å². The number of para-hydroxylation sites is 1. The molecule has 18 heavy (non-hydrogen) atoms. The molecule has 0 amide bonds. The summed E-state index contributed by atoms with van der Waals surface area (Å²) < 4.78 is 0. The molecule has 0 bridgehead atoms. The van der Waals surface area contributed by atoms with Crippen LogP contribution in [0.5, 0.6) is 0 Å². The highest BCUT2D eigenvalue weighted by Gasteiger charge is 2.25. The summed E-state index contributed by atoms with van der Waals surface area (Å²) >= 11 is 0. The molecule has 2 heteroatoms. The monoisotopic (exact) mass is 244 g/mol. The fourth-order valence-corrected chi connectivity index (χ4v) is 2.16. The number of nitrogens with zero attached hydrogens (tertiary/aromatic N) is 1. The second-order valence-corrected chi connectivity index (χ2v) is 6.57. The van der Waals surface area contributed by atoms with Crippen molar-refractivity contribution in [1.82, 2.24) is 5.32 Å². The van der Waals surface area contributed by atoms with Crippen LogP contribution in [-0.2, 0) is 6.42 Å². The summed E-state index contributed by atoms with van der Waals surface area (Å²) in [5.41, 5.74) is 3.33. The number of fused-ring (bicyclic) bond motifs is 3. The number of hydrogen-bond donors (Lipinski definition) is 1. The first-order chi connectivity index (χ1) is 8.45. The maximum Gasteiger partial charge on any atom is 0.103 e. The standard InChI is InChI=1S/C11H12N2.C5H12/c1-2-4-10-9(3-1)5-6-11-12-7-8-13(10)11;1-5(2,3)4/h1-4,7-8,11-12H,5-6H2;1-4H3. The van der Waals surface area contributed by atoms with Gasteiger partial charge in [-0.3, -0.25) is 0 Å². The summed E-state index contributed by atoms with van der Waals surface area (Å²) in [6, 6.07) is 8.64. The van der Waals surface area contributed by atoms with Crippen molar-refractivity contribution in [3.8, 4) is 0 Å². The van der Waals surface area contributed by atoms with E-state index in [0.717, 1.165) is 0 Å². The highest BCUT2D eigenvalue weighted by atomic mass is 15.3. The zero-order valence-electron chi connectivity index (χ0n) is 11.9. The minimum atomic E-state index is 0.495. The third kappa shape index (κ3) is 3.28. The van der Waals surface area contributed by atoms with Crippen LogP contribution in [-0.4, -0.2) is 6.17 Å². The molecule has 0 fully saturated rings. The van der Waals surface area contributed by atoms with Crippen molar-refractivity contribution in [3.63, 3.8) is 0 Å². The number of anilines is 1. The van der Waals surface area contributed by atoms with E-state index in [0.29, 0.717) is 11.6 Å². The maximum atomic E-state index is 3.34. The Morgan fingerprint density at radius 1 is 1.17 bits per heavy atom. The van der Waals surface area contributed by atoms with Crippen molar-refractivity contribution in [2.75, 3.05) is 4.90 Å². The van der Waals surface area contributed by atoms with Gasteiger partial charge in [0.25, 0.3) is 0 Å². The lowest BCUT2D eigenvalue weighted by molar-refractivity contribution is 0.469. The van der Waals surface area contributed by atoms with Gasteiger partial charge in [0.05, 0.1) is 0 Å². The Hall–Kier alpha value is -1.44. The van der Waals surface area contributed by atoms with E-state index < -0.39 is 0 Å². The summed E-state index contributed by atoms with van der Waals surface area (Å²) in [5, 5.41) is 3.34. The first kappa shape index (κ1) is 13.0. The second-order valence-electron chi connectivity index (χ2n) is 6.57. The van der Waals surface area contributed by atoms with Crippen LogP contribution in [0.2, 0.25) is 0 Å². The Morgan fingerprint density at radius 2 is 1.83 bits per heavy atom. The van der Waals surface area contributed by atoms with Gasteiger partial charge >= 0.3 is 0 Å². The van der Waals surface area contributed by atoms with Crippen molar-refractivity contribution in [1.29, 1.82) is 0 Å². The SMILES string of the molecule is C1=CN2c3ccccc3CCC2N1.CC(C)(C)C. The van der Waals surface area contributed by atoms with Crippen LogP contribution >= 0.6 is 0 Å². The molecule has 0 spiro atoms. The van der Waals surface area contributed by atoms with Crippen LogP contribution in [0.15, 0.2) is 36.7 Å². The van der Waals surface area contributed by atoms with E-state index in [1.165, 1.54) is 24.1 Å². The van der Waals surface area contributed by atoms with Gasteiger partial charge in [0.1, 0.15) is 6.17 Å². The Kier molecular flexibility index (Phi) is 3.65. The highest BCUT2D eigenvalue weighted by Crippen LogP contribution is 2.31. The smallest absolute Gasteiger partial charge is 0.103 e. The van der Waals surface area contributed by atoms with E-state index in [1.807, 2.05) is 6.20 Å². The zero-order valence-corrected chi connectivity index (χ0v) is 11.9. The number of nitrogens with one attached hydrogen (secondary N) is 1. The van der Waals surface area contributed by atoms with Crippen LogP contribution in [0.25, 0.3) is 0 Å². The van der Waals surface area contributed by atoms with Crippen molar-refractivity contribution in [3.05, 3.63) is 42.2 Å². The number of benzene rings is 1. The first-order valence-electron chi connectivity index (χ1n) is 6.74. The third-order valence-corrected chi connectivity index (χ3v) is 2.82. The molecular weight excluding hydrogens is 220 g/mol. The maximum absolute atomic E-state index is 3.34. The molecule has 1 aromatic rings. The largest absolute Gasteiger partial charge is 0.370 e. The average Bonchev–Trinajstić information content (AvgIpc) is 2.75. The molecule has 3 rings (SSSR count). The lowest BCUT2D eigenvalue weighted by atomic mass is 10.0. The van der Waals surface area contributed by atoms with Crippen LogP contribution in [0, 0.1) is 5.41 Å². The molecule has 1 aromatic carbocycles. The molecule has 0 aromatic heterocycles. The molecular formula is C16H24N2. The molecule has 2 nitrogen and oxygen atoms in total. The lowest BCUT2D eigenvalue weighted by Crippen LogP contribution is -2.38. The van der Waals surface area contributed by atoms with Crippen LogP contribution in [0.1, 0.15) is 39.7 Å². The molecule has 1 N–H and O–H groups in total. The predicted molar refractivity (Wildman–Crippen MR) is 78.4 cm³/mol. The van der Waals surface area contributed by atoms with E-state index >= 15 is 0 Å². The fraction of sp³-hybridized carbons (Fsp3) is 0.500. The molecule has 0 aliphatic carbocycles. The Morgan fingerprint density at radius 3 is 2.56 bits per heavy atom. The van der Waals surface area contributed by atoms with E-state index in [9.17, 15) is 0 Å².